The lowest BCUT2D eigenvalue weighted by atomic mass is 10.0. The second kappa shape index (κ2) is 8.95. The molecule has 9 heteroatoms. The van der Waals surface area contributed by atoms with E-state index in [-0.39, 0.29) is 25.8 Å². The van der Waals surface area contributed by atoms with Crippen LogP contribution in [-0.4, -0.2) is 39.3 Å². The van der Waals surface area contributed by atoms with E-state index in [9.17, 15) is 9.67 Å². The highest BCUT2D eigenvalue weighted by Gasteiger charge is 2.41. The van der Waals surface area contributed by atoms with Crippen LogP contribution in [0.4, 0.5) is 0 Å². The van der Waals surface area contributed by atoms with Gasteiger partial charge in [-0.1, -0.05) is 6.07 Å². The molecule has 0 spiro atoms. The first-order valence-electron chi connectivity index (χ1n) is 9.20. The molecule has 8 nitrogen and oxygen atoms in total. The standard InChI is InChI=1S/C20H25O8P/c1-5-27-29(22,28-6-2)20(13-7-8-16(23-3)17(9-13)24-4)14-10-18-19(11-15(14)21)26-12-25-18/h7-11,20-21H,5-6,12H2,1-4H3. The van der Waals surface area contributed by atoms with Crippen LogP contribution in [0.3, 0.4) is 0 Å². The molecule has 1 aliphatic heterocycles. The van der Waals surface area contributed by atoms with Crippen LogP contribution in [0.5, 0.6) is 28.7 Å². The van der Waals surface area contributed by atoms with Gasteiger partial charge in [-0.05, 0) is 37.6 Å². The summed E-state index contributed by atoms with van der Waals surface area (Å²) in [5, 5.41) is 10.7. The molecular formula is C20H25O8P. The molecule has 2 aromatic rings. The van der Waals surface area contributed by atoms with Crippen molar-refractivity contribution in [3.63, 3.8) is 0 Å². The molecule has 29 heavy (non-hydrogen) atoms. The number of rotatable bonds is 9. The largest absolute Gasteiger partial charge is 0.507 e. The number of hydrogen-bond donors (Lipinski definition) is 1. The fraction of sp³-hybridized carbons (Fsp3) is 0.400. The number of methoxy groups -OCH3 is 2. The van der Waals surface area contributed by atoms with E-state index in [4.69, 9.17) is 28.0 Å². The molecule has 0 saturated carbocycles. The van der Waals surface area contributed by atoms with Crippen molar-refractivity contribution in [3.05, 3.63) is 41.5 Å². The lowest BCUT2D eigenvalue weighted by molar-refractivity contribution is 0.174. The molecule has 1 aliphatic rings. The van der Waals surface area contributed by atoms with E-state index in [0.29, 0.717) is 34.1 Å². The molecule has 0 amide bonds. The third kappa shape index (κ3) is 4.15. The molecule has 0 aliphatic carbocycles. The van der Waals surface area contributed by atoms with Crippen LogP contribution < -0.4 is 18.9 Å². The lowest BCUT2D eigenvalue weighted by Crippen LogP contribution is -2.09. The Balaban J connectivity index is 2.22. The first-order valence-corrected chi connectivity index (χ1v) is 10.8. The smallest absolute Gasteiger partial charge is 0.342 e. The van der Waals surface area contributed by atoms with Crippen LogP contribution >= 0.6 is 7.60 Å². The van der Waals surface area contributed by atoms with Gasteiger partial charge in [-0.3, -0.25) is 4.57 Å². The number of aromatic hydroxyl groups is 1. The summed E-state index contributed by atoms with van der Waals surface area (Å²) in [6.07, 6.45) is 0. The third-order valence-corrected chi connectivity index (χ3v) is 6.92. The second-order valence-corrected chi connectivity index (χ2v) is 8.27. The maximum atomic E-state index is 13.8. The van der Waals surface area contributed by atoms with Crippen molar-refractivity contribution in [3.8, 4) is 28.7 Å². The van der Waals surface area contributed by atoms with Gasteiger partial charge in [0, 0.05) is 11.6 Å². The Kier molecular flexibility index (Phi) is 6.57. The average molecular weight is 424 g/mol. The van der Waals surface area contributed by atoms with Gasteiger partial charge in [0.1, 0.15) is 11.4 Å². The summed E-state index contributed by atoms with van der Waals surface area (Å²) in [6.45, 7) is 3.86. The quantitative estimate of drug-likeness (QED) is 0.589. The number of hydrogen-bond acceptors (Lipinski definition) is 8. The van der Waals surface area contributed by atoms with Crippen LogP contribution in [0.2, 0.25) is 0 Å². The normalized spacial score (nSPS) is 13.9. The molecule has 1 heterocycles. The number of phenols is 1. The van der Waals surface area contributed by atoms with Gasteiger partial charge in [0.25, 0.3) is 0 Å². The molecule has 0 radical (unpaired) electrons. The SMILES string of the molecule is CCOP(=O)(OCC)C(c1ccc(OC)c(OC)c1)c1cc2c(cc1O)OCO2. The van der Waals surface area contributed by atoms with Crippen LogP contribution in [0, 0.1) is 0 Å². The summed E-state index contributed by atoms with van der Waals surface area (Å²) >= 11 is 0. The van der Waals surface area contributed by atoms with Crippen LogP contribution in [0.1, 0.15) is 30.6 Å². The Bertz CT molecular complexity index is 904. The van der Waals surface area contributed by atoms with Crippen LogP contribution in [-0.2, 0) is 13.6 Å². The monoisotopic (exact) mass is 424 g/mol. The van der Waals surface area contributed by atoms with E-state index >= 15 is 0 Å². The van der Waals surface area contributed by atoms with E-state index in [1.165, 1.54) is 20.3 Å². The summed E-state index contributed by atoms with van der Waals surface area (Å²) in [6, 6.07) is 8.17. The summed E-state index contributed by atoms with van der Waals surface area (Å²) in [5.41, 5.74) is -0.00884. The fourth-order valence-corrected chi connectivity index (χ4v) is 5.43. The zero-order valence-electron chi connectivity index (χ0n) is 16.8. The van der Waals surface area contributed by atoms with Crippen molar-refractivity contribution in [2.75, 3.05) is 34.2 Å². The topological polar surface area (TPSA) is 92.7 Å². The minimum atomic E-state index is -3.73. The number of benzene rings is 2. The highest BCUT2D eigenvalue weighted by molar-refractivity contribution is 7.54. The molecule has 1 N–H and O–H groups in total. The van der Waals surface area contributed by atoms with Gasteiger partial charge in [0.05, 0.1) is 27.4 Å². The predicted octanol–water partition coefficient (Wildman–Crippen LogP) is 4.49. The van der Waals surface area contributed by atoms with E-state index in [1.54, 1.807) is 38.1 Å². The molecule has 1 unspecified atom stereocenters. The molecule has 0 saturated heterocycles. The Labute approximate surface area is 169 Å². The summed E-state index contributed by atoms with van der Waals surface area (Å²) in [5.74, 6) is 1.73. The van der Waals surface area contributed by atoms with E-state index in [0.717, 1.165) is 0 Å². The van der Waals surface area contributed by atoms with Gasteiger partial charge in [0.2, 0.25) is 6.79 Å². The molecule has 3 rings (SSSR count). The lowest BCUT2D eigenvalue weighted by Gasteiger charge is -2.28. The van der Waals surface area contributed by atoms with Crippen molar-refractivity contribution in [2.45, 2.75) is 19.5 Å². The first kappa shape index (κ1) is 21.3. The molecule has 0 aromatic heterocycles. The number of fused-ring (bicyclic) bond motifs is 1. The minimum absolute atomic E-state index is 0.0494. The van der Waals surface area contributed by atoms with Crippen molar-refractivity contribution in [1.82, 2.24) is 0 Å². The van der Waals surface area contributed by atoms with Crippen LogP contribution in [0.25, 0.3) is 0 Å². The Morgan fingerprint density at radius 1 is 1.00 bits per heavy atom. The molecule has 0 bridgehead atoms. The highest BCUT2D eigenvalue weighted by atomic mass is 31.2. The van der Waals surface area contributed by atoms with E-state index in [1.807, 2.05) is 0 Å². The van der Waals surface area contributed by atoms with Gasteiger partial charge >= 0.3 is 7.60 Å². The molecule has 1 atom stereocenters. The Hall–Kier alpha value is -2.41. The zero-order chi connectivity index (χ0) is 21.0. The Morgan fingerprint density at radius 3 is 2.21 bits per heavy atom. The fourth-order valence-electron chi connectivity index (χ4n) is 3.27. The second-order valence-electron chi connectivity index (χ2n) is 6.16. The molecular weight excluding hydrogens is 399 g/mol. The summed E-state index contributed by atoms with van der Waals surface area (Å²) < 4.78 is 46.5. The van der Waals surface area contributed by atoms with E-state index < -0.39 is 13.3 Å². The zero-order valence-corrected chi connectivity index (χ0v) is 17.7. The number of phenolic OH excluding ortho intramolecular Hbond substituents is 1. The maximum absolute atomic E-state index is 13.8. The highest BCUT2D eigenvalue weighted by Crippen LogP contribution is 2.65. The molecule has 2 aromatic carbocycles. The maximum Gasteiger partial charge on any atom is 0.342 e. The molecule has 0 fully saturated rings. The number of ether oxygens (including phenoxy) is 4. The van der Waals surface area contributed by atoms with Crippen molar-refractivity contribution < 1.29 is 37.7 Å². The van der Waals surface area contributed by atoms with E-state index in [2.05, 4.69) is 0 Å². The summed E-state index contributed by atoms with van der Waals surface area (Å²) in [4.78, 5) is 0. The molecule has 158 valence electrons. The van der Waals surface area contributed by atoms with Crippen molar-refractivity contribution in [2.24, 2.45) is 0 Å². The first-order chi connectivity index (χ1) is 14.0. The van der Waals surface area contributed by atoms with Gasteiger partial charge < -0.3 is 33.1 Å². The van der Waals surface area contributed by atoms with Crippen LogP contribution in [0.15, 0.2) is 30.3 Å². The van der Waals surface area contributed by atoms with Gasteiger partial charge in [-0.25, -0.2) is 0 Å². The predicted molar refractivity (Wildman–Crippen MR) is 106 cm³/mol. The van der Waals surface area contributed by atoms with Gasteiger partial charge in [-0.2, -0.15) is 0 Å². The van der Waals surface area contributed by atoms with Crippen molar-refractivity contribution in [1.29, 1.82) is 0 Å². The third-order valence-electron chi connectivity index (χ3n) is 4.47. The van der Waals surface area contributed by atoms with Gasteiger partial charge in [-0.15, -0.1) is 0 Å². The Morgan fingerprint density at radius 2 is 1.62 bits per heavy atom. The van der Waals surface area contributed by atoms with Crippen molar-refractivity contribution >= 4 is 7.60 Å². The summed E-state index contributed by atoms with van der Waals surface area (Å²) in [7, 11) is -0.687. The average Bonchev–Trinajstić information content (AvgIpc) is 3.15. The minimum Gasteiger partial charge on any atom is -0.507 e. The van der Waals surface area contributed by atoms with Gasteiger partial charge in [0.15, 0.2) is 23.0 Å².